The van der Waals surface area contributed by atoms with Crippen LogP contribution in [0.1, 0.15) is 24.1 Å². The molecule has 27 heavy (non-hydrogen) atoms. The molecule has 2 N–H and O–H groups in total. The first-order valence-corrected chi connectivity index (χ1v) is 8.52. The molecule has 0 saturated heterocycles. The van der Waals surface area contributed by atoms with Crippen molar-refractivity contribution in [2.75, 3.05) is 10.6 Å². The minimum Gasteiger partial charge on any atom is -0.324 e. The Balaban J connectivity index is 0.00000210. The molecule has 0 spiro atoms. The highest BCUT2D eigenvalue weighted by molar-refractivity contribution is 6.30. The Morgan fingerprint density at radius 1 is 1.15 bits per heavy atom. The molecule has 1 aliphatic heterocycles. The summed E-state index contributed by atoms with van der Waals surface area (Å²) in [7, 11) is 0. The fourth-order valence-electron chi connectivity index (χ4n) is 2.89. The smallest absolute Gasteiger partial charge is 0.250 e. The maximum atomic E-state index is 11.4. The van der Waals surface area contributed by atoms with E-state index >= 15 is 0 Å². The van der Waals surface area contributed by atoms with Crippen LogP contribution in [0.15, 0.2) is 60.7 Å². The van der Waals surface area contributed by atoms with Crippen molar-refractivity contribution in [1.29, 1.82) is 0 Å². The monoisotopic (exact) mass is 401 g/mol. The number of hydrogen-bond donors (Lipinski definition) is 2. The van der Waals surface area contributed by atoms with Gasteiger partial charge in [-0.25, -0.2) is 4.68 Å². The zero-order chi connectivity index (χ0) is 18.1. The number of nitrogens with zero attached hydrogens (tertiary/aromatic N) is 3. The van der Waals surface area contributed by atoms with Crippen LogP contribution in [-0.2, 0) is 4.79 Å². The number of carbonyl (C=O) groups is 1. The van der Waals surface area contributed by atoms with Crippen LogP contribution in [0.4, 0.5) is 11.9 Å². The minimum atomic E-state index is -0.216. The van der Waals surface area contributed by atoms with Gasteiger partial charge in [0.2, 0.25) is 11.9 Å². The van der Waals surface area contributed by atoms with Crippen molar-refractivity contribution in [2.24, 2.45) is 0 Å². The molecule has 0 bridgehead atoms. The van der Waals surface area contributed by atoms with E-state index in [9.17, 15) is 4.79 Å². The third-order valence-electron chi connectivity index (χ3n) is 4.05. The summed E-state index contributed by atoms with van der Waals surface area (Å²) in [5, 5.41) is 11.0. The van der Waals surface area contributed by atoms with Gasteiger partial charge in [-0.2, -0.15) is 4.98 Å². The molecule has 1 atom stereocenters. The third kappa shape index (κ3) is 3.97. The second-order valence-corrected chi connectivity index (χ2v) is 6.39. The number of nitrogens with one attached hydrogen (secondary N) is 2. The summed E-state index contributed by atoms with van der Waals surface area (Å²) in [4.78, 5) is 15.8. The van der Waals surface area contributed by atoms with E-state index in [1.54, 1.807) is 4.68 Å². The van der Waals surface area contributed by atoms with Gasteiger partial charge in [-0.05, 0) is 29.3 Å². The van der Waals surface area contributed by atoms with E-state index in [1.807, 2.05) is 54.6 Å². The van der Waals surface area contributed by atoms with Crippen molar-refractivity contribution in [3.63, 3.8) is 0 Å². The van der Waals surface area contributed by atoms with Gasteiger partial charge in [0.1, 0.15) is 6.04 Å². The molecule has 1 aromatic heterocycles. The average molecular weight is 402 g/mol. The Hall–Kier alpha value is -2.83. The molecule has 0 saturated carbocycles. The molecule has 0 aliphatic carbocycles. The quantitative estimate of drug-likeness (QED) is 0.683. The Labute approximate surface area is 167 Å². The number of carbonyl (C=O) groups excluding carboxylic acids is 1. The number of allylic oxidation sites excluding steroid dienone is 1. The number of halogens is 2. The molecule has 1 amide bonds. The number of fused-ring (bicyclic) bond motifs is 1. The Morgan fingerprint density at radius 3 is 2.52 bits per heavy atom. The van der Waals surface area contributed by atoms with Gasteiger partial charge in [0.15, 0.2) is 0 Å². The van der Waals surface area contributed by atoms with Crippen LogP contribution in [0.3, 0.4) is 0 Å². The predicted molar refractivity (Wildman–Crippen MR) is 109 cm³/mol. The zero-order valence-electron chi connectivity index (χ0n) is 14.4. The molecule has 1 aliphatic rings. The molecule has 8 heteroatoms. The summed E-state index contributed by atoms with van der Waals surface area (Å²) in [6, 6.07) is 17.4. The van der Waals surface area contributed by atoms with Crippen molar-refractivity contribution >= 4 is 47.5 Å². The standard InChI is InChI=1S/C19H16ClN5O.ClH/c1-12(26)21-18-23-19-22-16(13-5-3-2-4-6-13)11-17(25(19)24-18)14-7-9-15(20)10-8-14;/h2-11,17H,1H3,(H2,21,22,23,24,26);1H. The summed E-state index contributed by atoms with van der Waals surface area (Å²) < 4.78 is 1.75. The number of amides is 1. The first-order chi connectivity index (χ1) is 12.6. The molecule has 138 valence electrons. The summed E-state index contributed by atoms with van der Waals surface area (Å²) in [5.74, 6) is 0.615. The van der Waals surface area contributed by atoms with Crippen LogP contribution in [0, 0.1) is 0 Å². The SMILES string of the molecule is CC(=O)Nc1nc2n(n1)C(c1ccc(Cl)cc1)C=C(c1ccccc1)N2.Cl. The largest absolute Gasteiger partial charge is 0.324 e. The van der Waals surface area contributed by atoms with E-state index in [1.165, 1.54) is 6.92 Å². The van der Waals surface area contributed by atoms with Crippen LogP contribution in [0.25, 0.3) is 5.70 Å². The highest BCUT2D eigenvalue weighted by atomic mass is 35.5. The Bertz CT molecular complexity index is 983. The van der Waals surface area contributed by atoms with Gasteiger partial charge in [-0.1, -0.05) is 54.1 Å². The van der Waals surface area contributed by atoms with Crippen molar-refractivity contribution in [2.45, 2.75) is 13.0 Å². The minimum absolute atomic E-state index is 0. The number of benzene rings is 2. The highest BCUT2D eigenvalue weighted by Gasteiger charge is 2.25. The van der Waals surface area contributed by atoms with Crippen molar-refractivity contribution in [3.8, 4) is 0 Å². The molecule has 2 aromatic carbocycles. The maximum Gasteiger partial charge on any atom is 0.250 e. The summed E-state index contributed by atoms with van der Waals surface area (Å²) in [6.45, 7) is 1.43. The molecule has 0 radical (unpaired) electrons. The number of aromatic nitrogens is 3. The topological polar surface area (TPSA) is 71.8 Å². The molecule has 4 rings (SSSR count). The van der Waals surface area contributed by atoms with Gasteiger partial charge in [0.25, 0.3) is 5.95 Å². The normalized spacial score (nSPS) is 15.0. The third-order valence-corrected chi connectivity index (χ3v) is 4.30. The lowest BCUT2D eigenvalue weighted by Gasteiger charge is -2.24. The lowest BCUT2D eigenvalue weighted by molar-refractivity contribution is -0.114. The van der Waals surface area contributed by atoms with Crippen LogP contribution < -0.4 is 10.6 Å². The predicted octanol–water partition coefficient (Wildman–Crippen LogP) is 4.37. The van der Waals surface area contributed by atoms with E-state index < -0.39 is 0 Å². The van der Waals surface area contributed by atoms with E-state index in [4.69, 9.17) is 11.6 Å². The molecule has 0 fully saturated rings. The van der Waals surface area contributed by atoms with Crippen molar-refractivity contribution in [1.82, 2.24) is 14.8 Å². The first-order valence-electron chi connectivity index (χ1n) is 8.14. The average Bonchev–Trinajstić information content (AvgIpc) is 3.04. The first kappa shape index (κ1) is 18.9. The zero-order valence-corrected chi connectivity index (χ0v) is 16.0. The van der Waals surface area contributed by atoms with Gasteiger partial charge in [-0.3, -0.25) is 10.1 Å². The van der Waals surface area contributed by atoms with Crippen LogP contribution in [0.5, 0.6) is 0 Å². The van der Waals surface area contributed by atoms with Gasteiger partial charge >= 0.3 is 0 Å². The van der Waals surface area contributed by atoms with Crippen LogP contribution in [0.2, 0.25) is 5.02 Å². The lowest BCUT2D eigenvalue weighted by Crippen LogP contribution is -2.20. The van der Waals surface area contributed by atoms with E-state index in [2.05, 4.69) is 26.8 Å². The molecular formula is C19H17Cl2N5O. The highest BCUT2D eigenvalue weighted by Crippen LogP contribution is 2.33. The number of hydrogen-bond acceptors (Lipinski definition) is 4. The van der Waals surface area contributed by atoms with Gasteiger partial charge < -0.3 is 5.32 Å². The van der Waals surface area contributed by atoms with Crippen molar-refractivity contribution < 1.29 is 4.79 Å². The van der Waals surface area contributed by atoms with E-state index in [0.717, 1.165) is 16.8 Å². The maximum absolute atomic E-state index is 11.4. The molecule has 6 nitrogen and oxygen atoms in total. The van der Waals surface area contributed by atoms with Crippen LogP contribution >= 0.6 is 24.0 Å². The fourth-order valence-corrected chi connectivity index (χ4v) is 3.01. The van der Waals surface area contributed by atoms with Gasteiger partial charge in [0, 0.05) is 17.6 Å². The fraction of sp³-hybridized carbons (Fsp3) is 0.105. The molecule has 3 aromatic rings. The summed E-state index contributed by atoms with van der Waals surface area (Å²) >= 11 is 6.03. The van der Waals surface area contributed by atoms with E-state index in [0.29, 0.717) is 11.0 Å². The van der Waals surface area contributed by atoms with Crippen molar-refractivity contribution in [3.05, 3.63) is 76.8 Å². The van der Waals surface area contributed by atoms with Crippen LogP contribution in [-0.4, -0.2) is 20.7 Å². The number of anilines is 2. The van der Waals surface area contributed by atoms with E-state index in [-0.39, 0.29) is 30.3 Å². The summed E-state index contributed by atoms with van der Waals surface area (Å²) in [5.41, 5.74) is 2.99. The Kier molecular flexibility index (Phi) is 5.48. The molecular weight excluding hydrogens is 385 g/mol. The molecule has 2 heterocycles. The second kappa shape index (κ2) is 7.82. The van der Waals surface area contributed by atoms with Gasteiger partial charge in [-0.15, -0.1) is 17.5 Å². The Morgan fingerprint density at radius 2 is 1.85 bits per heavy atom. The number of rotatable bonds is 3. The molecule has 1 unspecified atom stereocenters. The second-order valence-electron chi connectivity index (χ2n) is 5.95. The van der Waals surface area contributed by atoms with Gasteiger partial charge in [0.05, 0.1) is 0 Å². The lowest BCUT2D eigenvalue weighted by atomic mass is 10.0. The summed E-state index contributed by atoms with van der Waals surface area (Å²) in [6.07, 6.45) is 2.08.